The molecule has 1 N–H and O–H groups in total. The highest BCUT2D eigenvalue weighted by Crippen LogP contribution is 2.09. The van der Waals surface area contributed by atoms with Crippen LogP contribution in [0.15, 0.2) is 18.5 Å². The van der Waals surface area contributed by atoms with Crippen molar-refractivity contribution in [3.63, 3.8) is 0 Å². The van der Waals surface area contributed by atoms with Gasteiger partial charge in [-0.1, -0.05) is 0 Å². The van der Waals surface area contributed by atoms with Crippen molar-refractivity contribution in [3.05, 3.63) is 24.0 Å². The van der Waals surface area contributed by atoms with Gasteiger partial charge in [-0.05, 0) is 71.3 Å². The number of nitrogens with zero attached hydrogens (tertiary/aromatic N) is 2. The number of likely N-dealkylation sites (tertiary alicyclic amines) is 1. The van der Waals surface area contributed by atoms with E-state index in [0.717, 1.165) is 13.1 Å². The Morgan fingerprint density at radius 3 is 2.58 bits per heavy atom. The number of hydrogen-bond donors (Lipinski definition) is 1. The molecule has 2 heterocycles. The zero-order valence-electron chi connectivity index (χ0n) is 12.8. The number of rotatable bonds is 6. The predicted molar refractivity (Wildman–Crippen MR) is 81.3 cm³/mol. The second kappa shape index (κ2) is 6.58. The molecule has 0 spiro atoms. The first-order valence-corrected chi connectivity index (χ1v) is 7.65. The Hall–Kier alpha value is -0.800. The van der Waals surface area contributed by atoms with Gasteiger partial charge in [-0.2, -0.15) is 0 Å². The van der Waals surface area contributed by atoms with Crippen molar-refractivity contribution in [2.75, 3.05) is 19.6 Å². The average molecular weight is 263 g/mol. The lowest BCUT2D eigenvalue weighted by Crippen LogP contribution is -2.34. The first-order valence-electron chi connectivity index (χ1n) is 7.65. The van der Waals surface area contributed by atoms with Crippen molar-refractivity contribution in [2.24, 2.45) is 0 Å². The maximum atomic E-state index is 3.53. The van der Waals surface area contributed by atoms with Crippen LogP contribution in [-0.4, -0.2) is 34.6 Å². The fourth-order valence-electron chi connectivity index (χ4n) is 2.58. The van der Waals surface area contributed by atoms with Crippen molar-refractivity contribution in [2.45, 2.75) is 58.7 Å². The normalized spacial score (nSPS) is 17.2. The fraction of sp³-hybridized carbons (Fsp3) is 0.750. The average Bonchev–Trinajstić information content (AvgIpc) is 2.97. The summed E-state index contributed by atoms with van der Waals surface area (Å²) in [5, 5.41) is 3.53. The van der Waals surface area contributed by atoms with Gasteiger partial charge in [0.2, 0.25) is 0 Å². The van der Waals surface area contributed by atoms with Gasteiger partial charge in [0, 0.05) is 31.0 Å². The Labute approximate surface area is 118 Å². The van der Waals surface area contributed by atoms with E-state index in [1.807, 2.05) is 0 Å². The van der Waals surface area contributed by atoms with E-state index in [2.05, 4.69) is 54.0 Å². The summed E-state index contributed by atoms with van der Waals surface area (Å²) in [6, 6.07) is 2.23. The zero-order valence-corrected chi connectivity index (χ0v) is 12.8. The fourth-order valence-corrected chi connectivity index (χ4v) is 2.58. The highest BCUT2D eigenvalue weighted by atomic mass is 15.1. The molecular weight excluding hydrogens is 234 g/mol. The topological polar surface area (TPSA) is 20.2 Å². The van der Waals surface area contributed by atoms with Crippen LogP contribution in [0.3, 0.4) is 0 Å². The molecule has 1 saturated heterocycles. The van der Waals surface area contributed by atoms with Gasteiger partial charge in [0.05, 0.1) is 0 Å². The molecule has 0 radical (unpaired) electrons. The number of aryl methyl sites for hydroxylation is 1. The largest absolute Gasteiger partial charge is 0.354 e. The predicted octanol–water partition coefficient (Wildman–Crippen LogP) is 2.86. The van der Waals surface area contributed by atoms with E-state index in [4.69, 9.17) is 0 Å². The summed E-state index contributed by atoms with van der Waals surface area (Å²) in [5.41, 5.74) is 1.58. The van der Waals surface area contributed by atoms with Gasteiger partial charge < -0.3 is 14.8 Å². The Bertz CT molecular complexity index is 370. The molecule has 0 unspecified atom stereocenters. The second-order valence-electron chi connectivity index (χ2n) is 6.76. The Morgan fingerprint density at radius 1 is 1.16 bits per heavy atom. The minimum atomic E-state index is 0.192. The summed E-state index contributed by atoms with van der Waals surface area (Å²) in [6.07, 6.45) is 8.55. The Balaban J connectivity index is 1.68. The van der Waals surface area contributed by atoms with Crippen molar-refractivity contribution in [1.29, 1.82) is 0 Å². The van der Waals surface area contributed by atoms with E-state index >= 15 is 0 Å². The first kappa shape index (κ1) is 14.6. The summed E-state index contributed by atoms with van der Waals surface area (Å²) in [5.74, 6) is 0. The van der Waals surface area contributed by atoms with Gasteiger partial charge in [-0.3, -0.25) is 0 Å². The standard InChI is InChI=1S/C16H29N3/c1-16(2,3)17-13-15-7-12-19(14-15)11-6-10-18-8-4-5-9-18/h7,12,14,17H,4-6,8-11,13H2,1-3H3. The lowest BCUT2D eigenvalue weighted by molar-refractivity contribution is 0.325. The molecule has 3 nitrogen and oxygen atoms in total. The van der Waals surface area contributed by atoms with Gasteiger partial charge in [0.25, 0.3) is 0 Å². The van der Waals surface area contributed by atoms with Crippen LogP contribution >= 0.6 is 0 Å². The molecule has 108 valence electrons. The third kappa shape index (κ3) is 5.37. The van der Waals surface area contributed by atoms with Crippen LogP contribution < -0.4 is 5.32 Å². The summed E-state index contributed by atoms with van der Waals surface area (Å²) in [6.45, 7) is 12.6. The highest BCUT2D eigenvalue weighted by molar-refractivity contribution is 5.10. The van der Waals surface area contributed by atoms with Gasteiger partial charge in [0.15, 0.2) is 0 Å². The Kier molecular flexibility index (Phi) is 5.06. The summed E-state index contributed by atoms with van der Waals surface area (Å²) in [7, 11) is 0. The second-order valence-corrected chi connectivity index (χ2v) is 6.76. The summed E-state index contributed by atoms with van der Waals surface area (Å²) >= 11 is 0. The van der Waals surface area contributed by atoms with Gasteiger partial charge in [0.1, 0.15) is 0 Å². The van der Waals surface area contributed by atoms with Crippen molar-refractivity contribution >= 4 is 0 Å². The number of hydrogen-bond acceptors (Lipinski definition) is 2. The molecule has 19 heavy (non-hydrogen) atoms. The molecule has 0 aromatic carbocycles. The van der Waals surface area contributed by atoms with E-state index in [1.165, 1.54) is 44.5 Å². The van der Waals surface area contributed by atoms with Crippen LogP contribution in [0.5, 0.6) is 0 Å². The van der Waals surface area contributed by atoms with Crippen LogP contribution in [-0.2, 0) is 13.1 Å². The molecule has 0 aliphatic carbocycles. The van der Waals surface area contributed by atoms with Crippen molar-refractivity contribution in [1.82, 2.24) is 14.8 Å². The van der Waals surface area contributed by atoms with Crippen LogP contribution in [0.25, 0.3) is 0 Å². The van der Waals surface area contributed by atoms with Crippen LogP contribution in [0.4, 0.5) is 0 Å². The number of aromatic nitrogens is 1. The molecule has 0 bridgehead atoms. The third-order valence-electron chi connectivity index (χ3n) is 3.72. The smallest absolute Gasteiger partial charge is 0.0231 e. The molecule has 0 saturated carbocycles. The van der Waals surface area contributed by atoms with Crippen LogP contribution in [0, 0.1) is 0 Å². The third-order valence-corrected chi connectivity index (χ3v) is 3.72. The number of nitrogens with one attached hydrogen (secondary N) is 1. The molecule has 1 fully saturated rings. The van der Waals surface area contributed by atoms with Gasteiger partial charge in [-0.25, -0.2) is 0 Å². The van der Waals surface area contributed by atoms with E-state index in [-0.39, 0.29) is 5.54 Å². The molecule has 2 rings (SSSR count). The molecule has 1 aromatic heterocycles. The van der Waals surface area contributed by atoms with Crippen molar-refractivity contribution < 1.29 is 0 Å². The van der Waals surface area contributed by atoms with E-state index in [0.29, 0.717) is 0 Å². The summed E-state index contributed by atoms with van der Waals surface area (Å²) < 4.78 is 2.33. The molecule has 3 heteroatoms. The minimum absolute atomic E-state index is 0.192. The zero-order chi connectivity index (χ0) is 13.7. The van der Waals surface area contributed by atoms with E-state index < -0.39 is 0 Å². The maximum Gasteiger partial charge on any atom is 0.0231 e. The maximum absolute atomic E-state index is 3.53. The Morgan fingerprint density at radius 2 is 1.89 bits per heavy atom. The molecule has 0 atom stereocenters. The molecular formula is C16H29N3. The molecule has 1 aromatic rings. The lowest BCUT2D eigenvalue weighted by Gasteiger charge is -2.19. The lowest BCUT2D eigenvalue weighted by atomic mass is 10.1. The van der Waals surface area contributed by atoms with Gasteiger partial charge >= 0.3 is 0 Å². The van der Waals surface area contributed by atoms with Gasteiger partial charge in [-0.15, -0.1) is 0 Å². The SMILES string of the molecule is CC(C)(C)NCc1ccn(CCCN2CCCC2)c1. The first-order chi connectivity index (χ1) is 9.03. The quantitative estimate of drug-likeness (QED) is 0.851. The highest BCUT2D eigenvalue weighted by Gasteiger charge is 2.11. The minimum Gasteiger partial charge on any atom is -0.354 e. The van der Waals surface area contributed by atoms with Crippen molar-refractivity contribution in [3.8, 4) is 0 Å². The molecule has 1 aliphatic rings. The molecule has 1 aliphatic heterocycles. The summed E-state index contributed by atoms with van der Waals surface area (Å²) in [4.78, 5) is 2.59. The van der Waals surface area contributed by atoms with E-state index in [1.54, 1.807) is 0 Å². The monoisotopic (exact) mass is 263 g/mol. The molecule has 0 amide bonds. The van der Waals surface area contributed by atoms with E-state index in [9.17, 15) is 0 Å². The van der Waals surface area contributed by atoms with Crippen LogP contribution in [0.2, 0.25) is 0 Å². The van der Waals surface area contributed by atoms with Crippen LogP contribution in [0.1, 0.15) is 45.6 Å².